The molecule has 0 aromatic heterocycles. The molecule has 1 aliphatic rings. The third-order valence-corrected chi connectivity index (χ3v) is 3.00. The molecule has 1 saturated heterocycles. The van der Waals surface area contributed by atoms with E-state index in [0.717, 1.165) is 6.42 Å². The van der Waals surface area contributed by atoms with Crippen LogP contribution in [0, 0.1) is 5.92 Å². The van der Waals surface area contributed by atoms with Crippen LogP contribution in [0.25, 0.3) is 0 Å². The lowest BCUT2D eigenvalue weighted by Gasteiger charge is -2.22. The Bertz CT molecular complexity index is 287. The van der Waals surface area contributed by atoms with E-state index in [1.165, 1.54) is 0 Å². The van der Waals surface area contributed by atoms with E-state index in [4.69, 9.17) is 15.6 Å². The number of hydrogen-bond acceptors (Lipinski definition) is 4. The summed E-state index contributed by atoms with van der Waals surface area (Å²) in [6.07, 6.45) is 1.79. The number of nitrogens with one attached hydrogen (secondary N) is 1. The molecule has 0 aromatic carbocycles. The number of carbonyl (C=O) groups excluding carboxylic acids is 1. The van der Waals surface area contributed by atoms with Gasteiger partial charge in [-0.05, 0) is 12.8 Å². The van der Waals surface area contributed by atoms with E-state index < -0.39 is 17.4 Å². The molecule has 1 rings (SSSR count). The summed E-state index contributed by atoms with van der Waals surface area (Å²) in [4.78, 5) is 22.7. The van der Waals surface area contributed by atoms with E-state index >= 15 is 0 Å². The zero-order valence-corrected chi connectivity index (χ0v) is 10.1. The van der Waals surface area contributed by atoms with Crippen molar-refractivity contribution in [3.05, 3.63) is 0 Å². The summed E-state index contributed by atoms with van der Waals surface area (Å²) in [5, 5.41) is 11.5. The Morgan fingerprint density at radius 1 is 1.59 bits per heavy atom. The van der Waals surface area contributed by atoms with Gasteiger partial charge in [-0.2, -0.15) is 0 Å². The normalized spacial score (nSPS) is 25.5. The predicted molar refractivity (Wildman–Crippen MR) is 61.4 cm³/mol. The maximum absolute atomic E-state index is 11.8. The summed E-state index contributed by atoms with van der Waals surface area (Å²) in [5.74, 6) is -1.76. The molecule has 0 saturated carbocycles. The molecule has 1 amide bonds. The van der Waals surface area contributed by atoms with Gasteiger partial charge in [-0.25, -0.2) is 0 Å². The number of aliphatic carboxylic acids is 1. The number of carbonyl (C=O) groups is 2. The molecular formula is C11H20N2O4. The number of rotatable bonds is 6. The first-order valence-electron chi connectivity index (χ1n) is 5.87. The highest BCUT2D eigenvalue weighted by molar-refractivity contribution is 5.87. The van der Waals surface area contributed by atoms with Crippen molar-refractivity contribution in [1.82, 2.24) is 5.32 Å². The molecule has 6 nitrogen and oxygen atoms in total. The van der Waals surface area contributed by atoms with Crippen LogP contribution in [0.15, 0.2) is 0 Å². The maximum atomic E-state index is 11.8. The summed E-state index contributed by atoms with van der Waals surface area (Å²) in [5.41, 5.74) is 4.86. The molecule has 1 heterocycles. The molecule has 2 unspecified atom stereocenters. The van der Waals surface area contributed by atoms with Gasteiger partial charge >= 0.3 is 5.97 Å². The van der Waals surface area contributed by atoms with Gasteiger partial charge < -0.3 is 20.9 Å². The van der Waals surface area contributed by atoms with E-state index in [0.29, 0.717) is 19.4 Å². The quantitative estimate of drug-likeness (QED) is 0.596. The minimum atomic E-state index is -0.991. The lowest BCUT2D eigenvalue weighted by molar-refractivity contribution is -0.142. The fourth-order valence-electron chi connectivity index (χ4n) is 1.81. The SMILES string of the molecule is CCCC(CNC(=O)C1(N)CCOC1)C(=O)O. The molecule has 1 fully saturated rings. The molecule has 98 valence electrons. The first kappa shape index (κ1) is 13.9. The Kier molecular flexibility index (Phi) is 4.89. The van der Waals surface area contributed by atoms with Gasteiger partial charge in [0.2, 0.25) is 5.91 Å². The monoisotopic (exact) mass is 244 g/mol. The van der Waals surface area contributed by atoms with Crippen LogP contribution in [-0.2, 0) is 14.3 Å². The fraction of sp³-hybridized carbons (Fsp3) is 0.818. The molecule has 0 spiro atoms. The highest BCUT2D eigenvalue weighted by atomic mass is 16.5. The minimum Gasteiger partial charge on any atom is -0.481 e. The Morgan fingerprint density at radius 2 is 2.29 bits per heavy atom. The first-order chi connectivity index (χ1) is 7.99. The van der Waals surface area contributed by atoms with Gasteiger partial charge in [0.15, 0.2) is 0 Å². The van der Waals surface area contributed by atoms with E-state index in [1.54, 1.807) is 0 Å². The molecular weight excluding hydrogens is 224 g/mol. The molecule has 0 aliphatic carbocycles. The van der Waals surface area contributed by atoms with Crippen molar-refractivity contribution in [2.24, 2.45) is 11.7 Å². The largest absolute Gasteiger partial charge is 0.481 e. The molecule has 6 heteroatoms. The summed E-state index contributed by atoms with van der Waals surface area (Å²) in [6.45, 7) is 2.71. The number of ether oxygens (including phenoxy) is 1. The average molecular weight is 244 g/mol. The highest BCUT2D eigenvalue weighted by Gasteiger charge is 2.38. The highest BCUT2D eigenvalue weighted by Crippen LogP contribution is 2.15. The Balaban J connectivity index is 2.43. The molecule has 1 aliphatic heterocycles. The average Bonchev–Trinajstić information content (AvgIpc) is 2.71. The fourth-order valence-corrected chi connectivity index (χ4v) is 1.81. The Labute approximate surface area is 101 Å². The van der Waals surface area contributed by atoms with Crippen LogP contribution < -0.4 is 11.1 Å². The van der Waals surface area contributed by atoms with Crippen LogP contribution in [0.1, 0.15) is 26.2 Å². The summed E-state index contributed by atoms with van der Waals surface area (Å²) < 4.78 is 5.08. The van der Waals surface area contributed by atoms with Gasteiger partial charge in [0.25, 0.3) is 0 Å². The zero-order valence-electron chi connectivity index (χ0n) is 10.1. The Morgan fingerprint density at radius 3 is 2.76 bits per heavy atom. The van der Waals surface area contributed by atoms with E-state index in [-0.39, 0.29) is 19.1 Å². The molecule has 0 bridgehead atoms. The van der Waals surface area contributed by atoms with Crippen LogP contribution >= 0.6 is 0 Å². The maximum Gasteiger partial charge on any atom is 0.308 e. The van der Waals surface area contributed by atoms with E-state index in [2.05, 4.69) is 5.32 Å². The summed E-state index contributed by atoms with van der Waals surface area (Å²) in [6, 6.07) is 0. The van der Waals surface area contributed by atoms with Crippen LogP contribution in [0.3, 0.4) is 0 Å². The molecule has 0 aromatic rings. The van der Waals surface area contributed by atoms with Gasteiger partial charge in [0, 0.05) is 13.2 Å². The van der Waals surface area contributed by atoms with Crippen molar-refractivity contribution < 1.29 is 19.4 Å². The van der Waals surface area contributed by atoms with Crippen molar-refractivity contribution in [2.75, 3.05) is 19.8 Å². The standard InChI is InChI=1S/C11H20N2O4/c1-2-3-8(9(14)15)6-13-10(16)11(12)4-5-17-7-11/h8H,2-7,12H2,1H3,(H,13,16)(H,14,15). The first-order valence-corrected chi connectivity index (χ1v) is 5.87. The molecule has 4 N–H and O–H groups in total. The Hall–Kier alpha value is -1.14. The summed E-state index contributed by atoms with van der Waals surface area (Å²) in [7, 11) is 0. The molecule has 0 radical (unpaired) electrons. The van der Waals surface area contributed by atoms with E-state index in [9.17, 15) is 9.59 Å². The predicted octanol–water partition coefficient (Wildman–Crippen LogP) is -0.279. The van der Waals surface area contributed by atoms with Gasteiger partial charge in [0.1, 0.15) is 5.54 Å². The van der Waals surface area contributed by atoms with Crippen molar-refractivity contribution in [1.29, 1.82) is 0 Å². The molecule has 2 atom stereocenters. The lowest BCUT2D eigenvalue weighted by atomic mass is 9.98. The van der Waals surface area contributed by atoms with Crippen LogP contribution in [0.2, 0.25) is 0 Å². The van der Waals surface area contributed by atoms with Gasteiger partial charge in [0.05, 0.1) is 12.5 Å². The van der Waals surface area contributed by atoms with Crippen molar-refractivity contribution in [3.8, 4) is 0 Å². The number of hydrogen-bond donors (Lipinski definition) is 3. The summed E-state index contributed by atoms with van der Waals surface area (Å²) >= 11 is 0. The minimum absolute atomic E-state index is 0.126. The molecule has 17 heavy (non-hydrogen) atoms. The second kappa shape index (κ2) is 5.97. The van der Waals surface area contributed by atoms with Crippen molar-refractivity contribution >= 4 is 11.9 Å². The zero-order chi connectivity index (χ0) is 12.9. The van der Waals surface area contributed by atoms with Gasteiger partial charge in [-0.15, -0.1) is 0 Å². The smallest absolute Gasteiger partial charge is 0.308 e. The number of carboxylic acids is 1. The van der Waals surface area contributed by atoms with Crippen LogP contribution in [0.4, 0.5) is 0 Å². The van der Waals surface area contributed by atoms with Crippen LogP contribution in [0.5, 0.6) is 0 Å². The third kappa shape index (κ3) is 3.67. The number of carboxylic acid groups (broad SMARTS) is 1. The topological polar surface area (TPSA) is 102 Å². The second-order valence-corrected chi connectivity index (χ2v) is 4.49. The van der Waals surface area contributed by atoms with Gasteiger partial charge in [-0.1, -0.05) is 13.3 Å². The van der Waals surface area contributed by atoms with Crippen LogP contribution in [-0.4, -0.2) is 42.3 Å². The second-order valence-electron chi connectivity index (χ2n) is 4.49. The lowest BCUT2D eigenvalue weighted by Crippen LogP contribution is -2.55. The van der Waals surface area contributed by atoms with E-state index in [1.807, 2.05) is 6.92 Å². The number of nitrogens with two attached hydrogens (primary N) is 1. The van der Waals surface area contributed by atoms with Crippen molar-refractivity contribution in [3.63, 3.8) is 0 Å². The van der Waals surface area contributed by atoms with Crippen molar-refractivity contribution in [2.45, 2.75) is 31.7 Å². The third-order valence-electron chi connectivity index (χ3n) is 3.00. The number of amides is 1. The van der Waals surface area contributed by atoms with Gasteiger partial charge in [-0.3, -0.25) is 9.59 Å².